The second-order valence-electron chi connectivity index (χ2n) is 5.57. The molecule has 128 valence electrons. The average Bonchev–Trinajstić information content (AvgIpc) is 2.68. The van der Waals surface area contributed by atoms with E-state index in [4.69, 9.17) is 9.47 Å². The minimum Gasteiger partial charge on any atom is -0.457 e. The SMILES string of the molecule is O=C(/C=C/C(=O)N1CCOCC1)c1ccc(Oc2ccccc2)cc1. The lowest BCUT2D eigenvalue weighted by Crippen LogP contribution is -2.39. The lowest BCUT2D eigenvalue weighted by atomic mass is 10.1. The molecule has 0 radical (unpaired) electrons. The number of para-hydroxylation sites is 1. The quantitative estimate of drug-likeness (QED) is 0.621. The molecule has 3 rings (SSSR count). The highest BCUT2D eigenvalue weighted by atomic mass is 16.5. The standard InChI is InChI=1S/C20H19NO4/c22-19(10-11-20(23)21-12-14-24-15-13-21)16-6-8-18(9-7-16)25-17-4-2-1-3-5-17/h1-11H,12-15H2/b11-10+. The molecule has 1 fully saturated rings. The molecule has 5 nitrogen and oxygen atoms in total. The number of carbonyl (C=O) groups excluding carboxylic acids is 2. The van der Waals surface area contributed by atoms with E-state index in [9.17, 15) is 9.59 Å². The summed E-state index contributed by atoms with van der Waals surface area (Å²) >= 11 is 0. The minimum absolute atomic E-state index is 0.166. The lowest BCUT2D eigenvalue weighted by molar-refractivity contribution is -0.129. The first-order valence-electron chi connectivity index (χ1n) is 8.14. The molecule has 0 unspecified atom stereocenters. The van der Waals surface area contributed by atoms with Crippen LogP contribution < -0.4 is 4.74 Å². The number of morpholine rings is 1. The largest absolute Gasteiger partial charge is 0.457 e. The lowest BCUT2D eigenvalue weighted by Gasteiger charge is -2.25. The molecule has 1 saturated heterocycles. The van der Waals surface area contributed by atoms with Crippen molar-refractivity contribution in [3.05, 3.63) is 72.3 Å². The Labute approximate surface area is 146 Å². The number of ether oxygens (including phenoxy) is 2. The van der Waals surface area contributed by atoms with Gasteiger partial charge in [0.2, 0.25) is 5.91 Å². The first-order valence-corrected chi connectivity index (χ1v) is 8.14. The predicted molar refractivity (Wildman–Crippen MR) is 93.8 cm³/mol. The fourth-order valence-corrected chi connectivity index (χ4v) is 2.44. The van der Waals surface area contributed by atoms with Gasteiger partial charge in [-0.2, -0.15) is 0 Å². The number of rotatable bonds is 5. The van der Waals surface area contributed by atoms with Crippen LogP contribution in [-0.4, -0.2) is 42.9 Å². The number of nitrogens with zero attached hydrogens (tertiary/aromatic N) is 1. The fraction of sp³-hybridized carbons (Fsp3) is 0.200. The molecule has 1 aliphatic rings. The van der Waals surface area contributed by atoms with Crippen LogP contribution >= 0.6 is 0 Å². The van der Waals surface area contributed by atoms with Gasteiger partial charge in [-0.25, -0.2) is 0 Å². The van der Waals surface area contributed by atoms with E-state index in [1.807, 2.05) is 30.3 Å². The van der Waals surface area contributed by atoms with Crippen LogP contribution in [-0.2, 0) is 9.53 Å². The van der Waals surface area contributed by atoms with Gasteiger partial charge in [-0.3, -0.25) is 9.59 Å². The maximum atomic E-state index is 12.2. The number of benzene rings is 2. The van der Waals surface area contributed by atoms with E-state index in [2.05, 4.69) is 0 Å². The van der Waals surface area contributed by atoms with Crippen LogP contribution in [0.2, 0.25) is 0 Å². The van der Waals surface area contributed by atoms with Crippen molar-refractivity contribution >= 4 is 11.7 Å². The van der Waals surface area contributed by atoms with Crippen molar-refractivity contribution in [2.45, 2.75) is 0 Å². The van der Waals surface area contributed by atoms with Crippen LogP contribution in [0.25, 0.3) is 0 Å². The Morgan fingerprint density at radius 2 is 1.52 bits per heavy atom. The van der Waals surface area contributed by atoms with Crippen molar-refractivity contribution in [2.24, 2.45) is 0 Å². The number of amides is 1. The van der Waals surface area contributed by atoms with Crippen molar-refractivity contribution < 1.29 is 19.1 Å². The first-order chi connectivity index (χ1) is 12.2. The van der Waals surface area contributed by atoms with Gasteiger partial charge in [-0.05, 0) is 42.5 Å². The fourth-order valence-electron chi connectivity index (χ4n) is 2.44. The molecule has 0 saturated carbocycles. The highest BCUT2D eigenvalue weighted by Gasteiger charge is 2.14. The van der Waals surface area contributed by atoms with Crippen molar-refractivity contribution in [1.82, 2.24) is 4.90 Å². The average molecular weight is 337 g/mol. The zero-order chi connectivity index (χ0) is 17.5. The molecule has 0 spiro atoms. The summed E-state index contributed by atoms with van der Waals surface area (Å²) in [6.45, 7) is 2.19. The van der Waals surface area contributed by atoms with Crippen LogP contribution in [0.1, 0.15) is 10.4 Å². The Balaban J connectivity index is 1.58. The molecule has 25 heavy (non-hydrogen) atoms. The molecule has 2 aromatic rings. The van der Waals surface area contributed by atoms with Crippen LogP contribution in [0.15, 0.2) is 66.7 Å². The molecule has 0 bridgehead atoms. The highest BCUT2D eigenvalue weighted by molar-refractivity contribution is 6.07. The normalized spacial score (nSPS) is 14.5. The molecule has 0 aromatic heterocycles. The Bertz CT molecular complexity index is 747. The van der Waals surface area contributed by atoms with Crippen molar-refractivity contribution in [2.75, 3.05) is 26.3 Å². The van der Waals surface area contributed by atoms with Gasteiger partial charge in [0, 0.05) is 24.7 Å². The Kier molecular flexibility index (Phi) is 5.59. The van der Waals surface area contributed by atoms with Crippen LogP contribution in [0.5, 0.6) is 11.5 Å². The van der Waals surface area contributed by atoms with E-state index >= 15 is 0 Å². The molecule has 2 aromatic carbocycles. The van der Waals surface area contributed by atoms with Gasteiger partial charge in [-0.15, -0.1) is 0 Å². The van der Waals surface area contributed by atoms with E-state index in [1.165, 1.54) is 12.2 Å². The second-order valence-corrected chi connectivity index (χ2v) is 5.57. The Morgan fingerprint density at radius 3 is 2.20 bits per heavy atom. The van der Waals surface area contributed by atoms with Crippen LogP contribution in [0, 0.1) is 0 Å². The topological polar surface area (TPSA) is 55.8 Å². The van der Waals surface area contributed by atoms with E-state index in [-0.39, 0.29) is 11.7 Å². The third-order valence-electron chi connectivity index (χ3n) is 3.82. The summed E-state index contributed by atoms with van der Waals surface area (Å²) in [6.07, 6.45) is 2.63. The second kappa shape index (κ2) is 8.26. The van der Waals surface area contributed by atoms with Crippen LogP contribution in [0.4, 0.5) is 0 Å². The summed E-state index contributed by atoms with van der Waals surface area (Å²) in [5.41, 5.74) is 0.506. The Morgan fingerprint density at radius 1 is 0.880 bits per heavy atom. The highest BCUT2D eigenvalue weighted by Crippen LogP contribution is 2.21. The molecule has 1 heterocycles. The van der Waals surface area contributed by atoms with Crippen molar-refractivity contribution in [3.63, 3.8) is 0 Å². The van der Waals surface area contributed by atoms with E-state index in [1.54, 1.807) is 29.2 Å². The molecule has 0 aliphatic carbocycles. The molecule has 0 N–H and O–H groups in total. The van der Waals surface area contributed by atoms with Gasteiger partial charge in [0.15, 0.2) is 5.78 Å². The van der Waals surface area contributed by atoms with E-state index in [0.717, 1.165) is 5.75 Å². The molecular weight excluding hydrogens is 318 g/mol. The number of ketones is 1. The zero-order valence-corrected chi connectivity index (χ0v) is 13.8. The third kappa shape index (κ3) is 4.78. The van der Waals surface area contributed by atoms with E-state index < -0.39 is 0 Å². The molecule has 1 aliphatic heterocycles. The molecule has 5 heteroatoms. The summed E-state index contributed by atoms with van der Waals surface area (Å²) in [5.74, 6) is 1.00. The number of carbonyl (C=O) groups is 2. The minimum atomic E-state index is -0.215. The summed E-state index contributed by atoms with van der Waals surface area (Å²) in [5, 5.41) is 0. The van der Waals surface area contributed by atoms with Gasteiger partial charge < -0.3 is 14.4 Å². The van der Waals surface area contributed by atoms with Gasteiger partial charge >= 0.3 is 0 Å². The third-order valence-corrected chi connectivity index (χ3v) is 3.82. The van der Waals surface area contributed by atoms with E-state index in [0.29, 0.717) is 37.6 Å². The molecule has 1 amide bonds. The smallest absolute Gasteiger partial charge is 0.246 e. The van der Waals surface area contributed by atoms with Gasteiger partial charge in [-0.1, -0.05) is 18.2 Å². The number of hydrogen-bond acceptors (Lipinski definition) is 4. The number of allylic oxidation sites excluding steroid dienone is 1. The van der Waals surface area contributed by atoms with Gasteiger partial charge in [0.1, 0.15) is 11.5 Å². The number of hydrogen-bond donors (Lipinski definition) is 0. The van der Waals surface area contributed by atoms with Crippen molar-refractivity contribution in [1.29, 1.82) is 0 Å². The summed E-state index contributed by atoms with van der Waals surface area (Å²) in [6, 6.07) is 16.3. The molecule has 0 atom stereocenters. The van der Waals surface area contributed by atoms with Crippen LogP contribution in [0.3, 0.4) is 0 Å². The summed E-state index contributed by atoms with van der Waals surface area (Å²) in [7, 11) is 0. The predicted octanol–water partition coefficient (Wildman–Crippen LogP) is 3.08. The summed E-state index contributed by atoms with van der Waals surface area (Å²) in [4.78, 5) is 25.9. The maximum Gasteiger partial charge on any atom is 0.246 e. The monoisotopic (exact) mass is 337 g/mol. The summed E-state index contributed by atoms with van der Waals surface area (Å²) < 4.78 is 10.9. The Hall–Kier alpha value is -2.92. The van der Waals surface area contributed by atoms with Crippen molar-refractivity contribution in [3.8, 4) is 11.5 Å². The first kappa shape index (κ1) is 16.9. The zero-order valence-electron chi connectivity index (χ0n) is 13.8. The van der Waals surface area contributed by atoms with Gasteiger partial charge in [0.05, 0.1) is 13.2 Å². The maximum absolute atomic E-state index is 12.2. The van der Waals surface area contributed by atoms with Gasteiger partial charge in [0.25, 0.3) is 0 Å². The molecular formula is C20H19NO4.